The average molecular weight is 480 g/mol. The molecule has 0 aromatic rings. The van der Waals surface area contributed by atoms with E-state index in [1.165, 1.54) is 0 Å². The van der Waals surface area contributed by atoms with E-state index in [2.05, 4.69) is 24.1 Å². The third-order valence-electron chi connectivity index (χ3n) is 6.90. The molecule has 1 aliphatic heterocycles. The lowest BCUT2D eigenvalue weighted by molar-refractivity contribution is -0.142. The van der Waals surface area contributed by atoms with Gasteiger partial charge in [-0.3, -0.25) is 14.5 Å². The highest BCUT2D eigenvalue weighted by Gasteiger charge is 2.40. The first-order valence-corrected chi connectivity index (χ1v) is 12.9. The number of ether oxygens (including phenoxy) is 1. The summed E-state index contributed by atoms with van der Waals surface area (Å²) in [4.78, 5) is 43.3. The molecule has 7 heteroatoms. The van der Waals surface area contributed by atoms with Gasteiger partial charge < -0.3 is 15.0 Å². The zero-order valence-corrected chi connectivity index (χ0v) is 23.2. The second-order valence-corrected chi connectivity index (χ2v) is 11.1. The fourth-order valence-electron chi connectivity index (χ4n) is 4.56. The number of piperidine rings is 1. The quantitative estimate of drug-likeness (QED) is 0.376. The second-order valence-electron chi connectivity index (χ2n) is 11.1. The molecule has 1 N–H and O–H groups in total. The van der Waals surface area contributed by atoms with Crippen LogP contribution in [0.2, 0.25) is 0 Å². The number of nitrogens with zero attached hydrogens (tertiary/aromatic N) is 2. The van der Waals surface area contributed by atoms with Crippen molar-refractivity contribution in [2.75, 3.05) is 20.2 Å². The molecule has 1 aliphatic rings. The van der Waals surface area contributed by atoms with Crippen molar-refractivity contribution < 1.29 is 19.1 Å². The number of hydrogen-bond donors (Lipinski definition) is 1. The summed E-state index contributed by atoms with van der Waals surface area (Å²) in [6.07, 6.45) is 5.71. The summed E-state index contributed by atoms with van der Waals surface area (Å²) in [5, 5.41) is 3.12. The van der Waals surface area contributed by atoms with E-state index in [1.54, 1.807) is 31.9 Å². The molecule has 1 rings (SSSR count). The highest BCUT2D eigenvalue weighted by Crippen LogP contribution is 2.26. The highest BCUT2D eigenvalue weighted by molar-refractivity contribution is 5.91. The molecule has 0 spiro atoms. The van der Waals surface area contributed by atoms with E-state index in [9.17, 15) is 14.4 Å². The van der Waals surface area contributed by atoms with Gasteiger partial charge in [-0.15, -0.1) is 0 Å². The number of likely N-dealkylation sites (tertiary alicyclic amines) is 1. The summed E-state index contributed by atoms with van der Waals surface area (Å²) in [6, 6.07) is -0.865. The van der Waals surface area contributed by atoms with Gasteiger partial charge in [0, 0.05) is 18.7 Å². The highest BCUT2D eigenvalue weighted by atomic mass is 16.5. The number of nitrogens with one attached hydrogen (secondary N) is 1. The minimum absolute atomic E-state index is 0.0685. The largest absolute Gasteiger partial charge is 0.463 e. The molecular formula is C27H49N3O4. The number of esters is 1. The zero-order valence-electron chi connectivity index (χ0n) is 23.2. The first-order chi connectivity index (χ1) is 15.8. The van der Waals surface area contributed by atoms with Gasteiger partial charge >= 0.3 is 5.97 Å². The van der Waals surface area contributed by atoms with Gasteiger partial charge in [-0.25, -0.2) is 4.79 Å². The predicted molar refractivity (Wildman–Crippen MR) is 137 cm³/mol. The van der Waals surface area contributed by atoms with Crippen LogP contribution in [0.1, 0.15) is 88.0 Å². The van der Waals surface area contributed by atoms with E-state index < -0.39 is 11.5 Å². The number of carbonyl (C=O) groups excluding carboxylic acids is 3. The van der Waals surface area contributed by atoms with E-state index in [0.717, 1.165) is 32.2 Å². The molecule has 0 radical (unpaired) electrons. The lowest BCUT2D eigenvalue weighted by Gasteiger charge is -2.41. The maximum atomic E-state index is 13.8. The Bertz CT molecular complexity index is 726. The fraction of sp³-hybridized carbons (Fsp3) is 0.815. The Hall–Kier alpha value is -1.89. The Morgan fingerprint density at radius 3 is 2.26 bits per heavy atom. The van der Waals surface area contributed by atoms with Crippen molar-refractivity contribution in [2.24, 2.45) is 11.3 Å². The van der Waals surface area contributed by atoms with Crippen molar-refractivity contribution in [3.63, 3.8) is 0 Å². The molecule has 1 heterocycles. The third-order valence-corrected chi connectivity index (χ3v) is 6.90. The van der Waals surface area contributed by atoms with E-state index in [0.29, 0.717) is 18.2 Å². The van der Waals surface area contributed by atoms with Crippen molar-refractivity contribution in [1.29, 1.82) is 0 Å². The molecule has 1 saturated heterocycles. The summed E-state index contributed by atoms with van der Waals surface area (Å²) in [5.74, 6) is -0.523. The molecule has 0 saturated carbocycles. The third kappa shape index (κ3) is 8.10. The van der Waals surface area contributed by atoms with Crippen LogP contribution in [-0.2, 0) is 19.1 Å². The van der Waals surface area contributed by atoms with Crippen LogP contribution >= 0.6 is 0 Å². The Morgan fingerprint density at radius 2 is 1.76 bits per heavy atom. The van der Waals surface area contributed by atoms with Crippen LogP contribution in [0.5, 0.6) is 0 Å². The molecule has 0 aromatic heterocycles. The molecular weight excluding hydrogens is 430 g/mol. The molecule has 0 aliphatic carbocycles. The predicted octanol–water partition coefficient (Wildman–Crippen LogP) is 4.16. The second kappa shape index (κ2) is 13.3. The molecule has 2 amide bonds. The first-order valence-electron chi connectivity index (χ1n) is 12.9. The monoisotopic (exact) mass is 479 g/mol. The van der Waals surface area contributed by atoms with Crippen LogP contribution in [0.3, 0.4) is 0 Å². The normalized spacial score (nSPS) is 20.4. The summed E-state index contributed by atoms with van der Waals surface area (Å²) in [5.41, 5.74) is 0.00104. The molecule has 4 atom stereocenters. The van der Waals surface area contributed by atoms with Crippen molar-refractivity contribution in [3.8, 4) is 0 Å². The molecule has 196 valence electrons. The van der Waals surface area contributed by atoms with Crippen LogP contribution in [-0.4, -0.2) is 72.0 Å². The van der Waals surface area contributed by atoms with Crippen LogP contribution in [0.25, 0.3) is 0 Å². The van der Waals surface area contributed by atoms with Gasteiger partial charge in [-0.2, -0.15) is 0 Å². The maximum absolute atomic E-state index is 13.8. The molecule has 0 aromatic carbocycles. The van der Waals surface area contributed by atoms with Crippen molar-refractivity contribution in [2.45, 2.75) is 112 Å². The molecule has 0 bridgehead atoms. The Kier molecular flexibility index (Phi) is 11.8. The van der Waals surface area contributed by atoms with Crippen LogP contribution in [0.15, 0.2) is 11.6 Å². The Morgan fingerprint density at radius 1 is 1.15 bits per heavy atom. The topological polar surface area (TPSA) is 79.0 Å². The van der Waals surface area contributed by atoms with Gasteiger partial charge in [0.2, 0.25) is 11.8 Å². The number of likely N-dealkylation sites (N-methyl/N-ethyl adjacent to an activating group) is 1. The molecule has 34 heavy (non-hydrogen) atoms. The average Bonchev–Trinajstić information content (AvgIpc) is 2.78. The first kappa shape index (κ1) is 30.1. The molecule has 7 nitrogen and oxygen atoms in total. The van der Waals surface area contributed by atoms with Crippen LogP contribution in [0.4, 0.5) is 0 Å². The zero-order chi connectivity index (χ0) is 26.2. The SMILES string of the molecule is CCOC(=O)C(C)=C[C@H](C(C)C)N(C)C(=O)[C@@H](NC(=O)C1CCCCN1C(C)CC)C(C)(C)C. The number of rotatable bonds is 10. The minimum Gasteiger partial charge on any atom is -0.463 e. The summed E-state index contributed by atoms with van der Waals surface area (Å²) < 4.78 is 5.11. The van der Waals surface area contributed by atoms with E-state index in [4.69, 9.17) is 4.74 Å². The van der Waals surface area contributed by atoms with Gasteiger partial charge in [-0.05, 0) is 57.9 Å². The smallest absolute Gasteiger partial charge is 0.333 e. The van der Waals surface area contributed by atoms with Crippen molar-refractivity contribution in [1.82, 2.24) is 15.1 Å². The van der Waals surface area contributed by atoms with Gasteiger partial charge in [0.1, 0.15) is 6.04 Å². The van der Waals surface area contributed by atoms with Crippen LogP contribution < -0.4 is 5.32 Å². The van der Waals surface area contributed by atoms with E-state index >= 15 is 0 Å². The maximum Gasteiger partial charge on any atom is 0.333 e. The van der Waals surface area contributed by atoms with Gasteiger partial charge in [0.15, 0.2) is 0 Å². The summed E-state index contributed by atoms with van der Waals surface area (Å²) in [7, 11) is 1.75. The van der Waals surface area contributed by atoms with Gasteiger partial charge in [0.25, 0.3) is 0 Å². The summed E-state index contributed by atoms with van der Waals surface area (Å²) in [6.45, 7) is 18.9. The van der Waals surface area contributed by atoms with Crippen molar-refractivity contribution >= 4 is 17.8 Å². The Labute approximate surface area is 207 Å². The van der Waals surface area contributed by atoms with Gasteiger partial charge in [-0.1, -0.05) is 54.0 Å². The molecule has 1 fully saturated rings. The number of amides is 2. The number of carbonyl (C=O) groups is 3. The van der Waals surface area contributed by atoms with Gasteiger partial charge in [0.05, 0.1) is 18.7 Å². The van der Waals surface area contributed by atoms with E-state index in [-0.39, 0.29) is 35.8 Å². The van der Waals surface area contributed by atoms with Crippen molar-refractivity contribution in [3.05, 3.63) is 11.6 Å². The number of hydrogen-bond acceptors (Lipinski definition) is 5. The standard InChI is InChI=1S/C27H49N3O4/c1-11-20(6)30-16-14-13-15-21(30)24(31)28-23(27(7,8)9)25(32)29(10)22(18(3)4)17-19(5)26(33)34-12-2/h17-18,20-23H,11-16H2,1-10H3,(H,28,31)/t20?,21?,22-,23-/m1/s1. The summed E-state index contributed by atoms with van der Waals surface area (Å²) >= 11 is 0. The molecule has 2 unspecified atom stereocenters. The Balaban J connectivity index is 3.17. The lowest BCUT2D eigenvalue weighted by atomic mass is 9.84. The lowest BCUT2D eigenvalue weighted by Crippen LogP contribution is -2.60. The fourth-order valence-corrected chi connectivity index (χ4v) is 4.56. The minimum atomic E-state index is -0.678. The van der Waals surface area contributed by atoms with E-state index in [1.807, 2.05) is 34.6 Å². The van der Waals surface area contributed by atoms with Crippen LogP contribution in [0, 0.1) is 11.3 Å².